The van der Waals surface area contributed by atoms with Crippen molar-refractivity contribution >= 4 is 0 Å². The van der Waals surface area contributed by atoms with E-state index < -0.39 is 0 Å². The van der Waals surface area contributed by atoms with Crippen LogP contribution >= 0.6 is 0 Å². The Hall–Kier alpha value is 0. The first-order chi connectivity index (χ1) is 7.18. The summed E-state index contributed by atoms with van der Waals surface area (Å²) in [5, 5.41) is 0. The van der Waals surface area contributed by atoms with Gasteiger partial charge in [-0.1, -0.05) is 27.7 Å². The van der Waals surface area contributed by atoms with Gasteiger partial charge in [0.15, 0.2) is 0 Å². The average Bonchev–Trinajstić information content (AvgIpc) is 2.18. The normalized spacial score (nSPS) is 46.6. The van der Waals surface area contributed by atoms with E-state index in [1.165, 1.54) is 0 Å². The molecule has 0 aromatic rings. The lowest BCUT2D eigenvalue weighted by molar-refractivity contribution is -0.0789. The molecular weight excluding hydrogens is 180 g/mol. The van der Waals surface area contributed by atoms with Gasteiger partial charge in [-0.05, 0) is 67.6 Å². The van der Waals surface area contributed by atoms with Crippen LogP contribution < -0.4 is 0 Å². The summed E-state index contributed by atoms with van der Waals surface area (Å²) in [6, 6.07) is 0. The largest absolute Gasteiger partial charge is 0.0683 e. The Morgan fingerprint density at radius 3 is 1.40 bits per heavy atom. The molecule has 4 bridgehead atoms. The van der Waals surface area contributed by atoms with Gasteiger partial charge in [-0.15, -0.1) is 0 Å². The predicted octanol–water partition coefficient (Wildman–Crippen LogP) is 4.89. The maximum absolute atomic E-state index is 2.47. The van der Waals surface area contributed by atoms with Gasteiger partial charge in [-0.3, -0.25) is 0 Å². The number of hydrogen-bond acceptors (Lipinski definition) is 0. The molecule has 0 aromatic heterocycles. The van der Waals surface area contributed by atoms with Crippen molar-refractivity contribution < 1.29 is 0 Å². The van der Waals surface area contributed by atoms with E-state index in [0.29, 0.717) is 0 Å². The van der Waals surface area contributed by atoms with E-state index in [1.807, 2.05) is 13.8 Å². The Morgan fingerprint density at radius 2 is 1.13 bits per heavy atom. The van der Waals surface area contributed by atoms with Crippen molar-refractivity contribution in [3.05, 3.63) is 0 Å². The minimum Gasteiger partial charge on any atom is -0.0683 e. The molecule has 4 fully saturated rings. The highest BCUT2D eigenvalue weighted by Gasteiger charge is 2.51. The van der Waals surface area contributed by atoms with Gasteiger partial charge in [0.1, 0.15) is 0 Å². The Kier molecular flexibility index (Phi) is 3.14. The lowest BCUT2D eigenvalue weighted by Gasteiger charge is -2.58. The second kappa shape index (κ2) is 4.11. The summed E-state index contributed by atoms with van der Waals surface area (Å²) in [6.45, 7) is 8.93. The summed E-state index contributed by atoms with van der Waals surface area (Å²) in [5.41, 5.74) is 0.800. The summed E-state index contributed by atoms with van der Waals surface area (Å²) in [5.74, 6) is 4.34. The van der Waals surface area contributed by atoms with E-state index in [-0.39, 0.29) is 0 Å². The second-order valence-corrected chi connectivity index (χ2v) is 6.43. The molecule has 0 nitrogen and oxygen atoms in total. The molecule has 0 radical (unpaired) electrons. The molecule has 0 atom stereocenters. The van der Waals surface area contributed by atoms with Gasteiger partial charge in [0.05, 0.1) is 0 Å². The highest BCUT2D eigenvalue weighted by Crippen LogP contribution is 2.62. The Balaban J connectivity index is 0.000000404. The molecule has 0 aromatic carbocycles. The highest BCUT2D eigenvalue weighted by atomic mass is 14.6. The van der Waals surface area contributed by atoms with Crippen molar-refractivity contribution in [3.63, 3.8) is 0 Å². The van der Waals surface area contributed by atoms with E-state index in [2.05, 4.69) is 13.8 Å². The van der Waals surface area contributed by atoms with Crippen LogP contribution in [0.5, 0.6) is 0 Å². The predicted molar refractivity (Wildman–Crippen MR) is 66.8 cm³/mol. The quantitative estimate of drug-likeness (QED) is 0.576. The lowest BCUT2D eigenvalue weighted by atomic mass is 9.47. The molecule has 88 valence electrons. The zero-order valence-corrected chi connectivity index (χ0v) is 11.1. The molecule has 4 saturated carbocycles. The summed E-state index contributed by atoms with van der Waals surface area (Å²) in [7, 11) is 0. The maximum Gasteiger partial charge on any atom is -0.0267 e. The van der Waals surface area contributed by atoms with E-state index in [4.69, 9.17) is 0 Å². The molecule has 0 heteroatoms. The van der Waals surface area contributed by atoms with Crippen molar-refractivity contribution in [3.8, 4) is 0 Å². The minimum absolute atomic E-state index is 0.800. The fourth-order valence-corrected chi connectivity index (χ4v) is 4.88. The molecule has 4 aliphatic carbocycles. The third-order valence-corrected chi connectivity index (χ3v) is 5.31. The van der Waals surface area contributed by atoms with Gasteiger partial charge in [0.25, 0.3) is 0 Å². The average molecular weight is 208 g/mol. The van der Waals surface area contributed by atoms with E-state index in [0.717, 1.165) is 29.1 Å². The Bertz CT molecular complexity index is 179. The summed E-state index contributed by atoms with van der Waals surface area (Å²) in [4.78, 5) is 0. The van der Waals surface area contributed by atoms with Crippen LogP contribution in [0.3, 0.4) is 0 Å². The van der Waals surface area contributed by atoms with Crippen molar-refractivity contribution in [2.24, 2.45) is 29.1 Å². The van der Waals surface area contributed by atoms with Crippen LogP contribution in [0.1, 0.15) is 66.2 Å². The molecular formula is C15H28. The van der Waals surface area contributed by atoms with Crippen LogP contribution in [0.15, 0.2) is 0 Å². The zero-order chi connectivity index (χ0) is 11.1. The first kappa shape index (κ1) is 11.5. The summed E-state index contributed by atoms with van der Waals surface area (Å²) < 4.78 is 0. The van der Waals surface area contributed by atoms with Crippen LogP contribution in [0.2, 0.25) is 0 Å². The monoisotopic (exact) mass is 208 g/mol. The minimum atomic E-state index is 0.800. The summed E-state index contributed by atoms with van der Waals surface area (Å²) >= 11 is 0. The van der Waals surface area contributed by atoms with Crippen LogP contribution in [0.25, 0.3) is 0 Å². The molecule has 0 saturated heterocycles. The zero-order valence-electron chi connectivity index (χ0n) is 11.1. The molecule has 0 amide bonds. The molecule has 15 heavy (non-hydrogen) atoms. The van der Waals surface area contributed by atoms with Crippen LogP contribution in [-0.4, -0.2) is 0 Å². The first-order valence-electron chi connectivity index (χ1n) is 7.18. The molecule has 0 unspecified atom stereocenters. The van der Waals surface area contributed by atoms with E-state index in [9.17, 15) is 0 Å². The smallest absolute Gasteiger partial charge is 0.0267 e. The van der Waals surface area contributed by atoms with Crippen molar-refractivity contribution in [1.82, 2.24) is 0 Å². The number of rotatable bonds is 1. The number of hydrogen-bond donors (Lipinski definition) is 0. The highest BCUT2D eigenvalue weighted by molar-refractivity contribution is 5.02. The van der Waals surface area contributed by atoms with Gasteiger partial charge in [0.2, 0.25) is 0 Å². The van der Waals surface area contributed by atoms with Crippen LogP contribution in [0, 0.1) is 29.1 Å². The third kappa shape index (κ3) is 1.85. The van der Waals surface area contributed by atoms with Gasteiger partial charge in [0, 0.05) is 0 Å². The lowest BCUT2D eigenvalue weighted by Crippen LogP contribution is -2.48. The molecule has 0 heterocycles. The summed E-state index contributed by atoms with van der Waals surface area (Å²) in [6.07, 6.45) is 9.51. The van der Waals surface area contributed by atoms with Crippen molar-refractivity contribution in [2.75, 3.05) is 0 Å². The van der Waals surface area contributed by atoms with Crippen molar-refractivity contribution in [1.29, 1.82) is 0 Å². The topological polar surface area (TPSA) is 0 Å². The van der Waals surface area contributed by atoms with Gasteiger partial charge in [-0.25, -0.2) is 0 Å². The second-order valence-electron chi connectivity index (χ2n) is 6.43. The van der Waals surface area contributed by atoms with Gasteiger partial charge >= 0.3 is 0 Å². The standard InChI is InChI=1S/C13H22.C2H6/c1-9(2)13-6-10-3-11(7-13)5-12(4-10)8-13;1-2/h9-12H,3-8H2,1-2H3;1-2H3. The van der Waals surface area contributed by atoms with Gasteiger partial charge in [-0.2, -0.15) is 0 Å². The third-order valence-electron chi connectivity index (χ3n) is 5.31. The fourth-order valence-electron chi connectivity index (χ4n) is 4.88. The first-order valence-corrected chi connectivity index (χ1v) is 7.18. The van der Waals surface area contributed by atoms with Crippen LogP contribution in [-0.2, 0) is 0 Å². The van der Waals surface area contributed by atoms with E-state index in [1.54, 1.807) is 38.5 Å². The SMILES string of the molecule is CC.CC(C)C12CC3CC(CC(C3)C1)C2. The Labute approximate surface area is 95.8 Å². The van der Waals surface area contributed by atoms with E-state index >= 15 is 0 Å². The molecule has 4 aliphatic rings. The molecule has 0 aliphatic heterocycles. The molecule has 0 N–H and O–H groups in total. The maximum atomic E-state index is 2.47. The van der Waals surface area contributed by atoms with Gasteiger partial charge < -0.3 is 0 Å². The van der Waals surface area contributed by atoms with Crippen molar-refractivity contribution in [2.45, 2.75) is 66.2 Å². The fraction of sp³-hybridized carbons (Fsp3) is 1.00. The molecule has 4 rings (SSSR count). The molecule has 0 spiro atoms. The Morgan fingerprint density at radius 1 is 0.800 bits per heavy atom. The van der Waals surface area contributed by atoms with Crippen LogP contribution in [0.4, 0.5) is 0 Å².